The van der Waals surface area contributed by atoms with Crippen molar-refractivity contribution in [1.29, 1.82) is 0 Å². The lowest BCUT2D eigenvalue weighted by atomic mass is 10.2. The summed E-state index contributed by atoms with van der Waals surface area (Å²) < 4.78 is 5.34. The molecular weight excluding hydrogens is 206 g/mol. The van der Waals surface area contributed by atoms with Crippen LogP contribution in [-0.4, -0.2) is 36.7 Å². The van der Waals surface area contributed by atoms with Gasteiger partial charge in [0.15, 0.2) is 0 Å². The molecule has 86 valence electrons. The van der Waals surface area contributed by atoms with Gasteiger partial charge in [0.1, 0.15) is 6.10 Å². The van der Waals surface area contributed by atoms with Gasteiger partial charge < -0.3 is 15.4 Å². The standard InChI is InChI=1S/C11H15N3O2/c15-11(10-8-13-5-6-16-10)14-7-9-1-3-12-4-2-9/h1-4,10,13H,5-8H2,(H,14,15). The number of nitrogens with one attached hydrogen (secondary N) is 2. The number of carbonyl (C=O) groups excluding carboxylic acids is 1. The van der Waals surface area contributed by atoms with Crippen molar-refractivity contribution in [3.63, 3.8) is 0 Å². The summed E-state index contributed by atoms with van der Waals surface area (Å²) in [5.41, 5.74) is 1.03. The van der Waals surface area contributed by atoms with Crippen LogP contribution in [0.15, 0.2) is 24.5 Å². The highest BCUT2D eigenvalue weighted by Gasteiger charge is 2.20. The van der Waals surface area contributed by atoms with Gasteiger partial charge in [0.2, 0.25) is 0 Å². The molecule has 1 aromatic heterocycles. The van der Waals surface area contributed by atoms with Crippen LogP contribution in [0.2, 0.25) is 0 Å². The van der Waals surface area contributed by atoms with E-state index in [9.17, 15) is 4.79 Å². The van der Waals surface area contributed by atoms with Gasteiger partial charge in [-0.1, -0.05) is 0 Å². The lowest BCUT2D eigenvalue weighted by molar-refractivity contribution is -0.134. The van der Waals surface area contributed by atoms with E-state index in [-0.39, 0.29) is 12.0 Å². The molecule has 1 atom stereocenters. The first-order chi connectivity index (χ1) is 7.86. The van der Waals surface area contributed by atoms with Crippen molar-refractivity contribution in [3.8, 4) is 0 Å². The molecule has 1 amide bonds. The Morgan fingerprint density at radius 2 is 2.38 bits per heavy atom. The predicted molar refractivity (Wildman–Crippen MR) is 58.7 cm³/mol. The number of aromatic nitrogens is 1. The van der Waals surface area contributed by atoms with E-state index in [2.05, 4.69) is 15.6 Å². The normalized spacial score (nSPS) is 20.4. The summed E-state index contributed by atoms with van der Waals surface area (Å²) in [5, 5.41) is 5.96. The van der Waals surface area contributed by atoms with E-state index in [1.165, 1.54) is 0 Å². The van der Waals surface area contributed by atoms with Crippen molar-refractivity contribution >= 4 is 5.91 Å². The third kappa shape index (κ3) is 3.01. The molecule has 0 aliphatic carbocycles. The van der Waals surface area contributed by atoms with E-state index in [0.717, 1.165) is 12.1 Å². The number of rotatable bonds is 3. The third-order valence-corrected chi connectivity index (χ3v) is 2.44. The van der Waals surface area contributed by atoms with Crippen LogP contribution < -0.4 is 10.6 Å². The molecule has 1 saturated heterocycles. The number of hydrogen-bond donors (Lipinski definition) is 2. The van der Waals surface area contributed by atoms with Crippen LogP contribution in [0.1, 0.15) is 5.56 Å². The first-order valence-corrected chi connectivity index (χ1v) is 5.35. The van der Waals surface area contributed by atoms with Gasteiger partial charge >= 0.3 is 0 Å². The zero-order valence-corrected chi connectivity index (χ0v) is 8.98. The summed E-state index contributed by atoms with van der Waals surface area (Å²) in [6.45, 7) is 2.50. The van der Waals surface area contributed by atoms with E-state index in [1.807, 2.05) is 12.1 Å². The smallest absolute Gasteiger partial charge is 0.250 e. The van der Waals surface area contributed by atoms with Crippen LogP contribution in [-0.2, 0) is 16.1 Å². The second kappa shape index (κ2) is 5.58. The summed E-state index contributed by atoms with van der Waals surface area (Å²) >= 11 is 0. The molecule has 0 radical (unpaired) electrons. The Bertz CT molecular complexity index is 336. The number of amides is 1. The van der Waals surface area contributed by atoms with Gasteiger partial charge in [-0.2, -0.15) is 0 Å². The van der Waals surface area contributed by atoms with Gasteiger partial charge in [0.05, 0.1) is 6.61 Å². The maximum atomic E-state index is 11.7. The Hall–Kier alpha value is -1.46. The lowest BCUT2D eigenvalue weighted by Gasteiger charge is -2.22. The Kier molecular flexibility index (Phi) is 3.85. The molecule has 1 aromatic rings. The monoisotopic (exact) mass is 221 g/mol. The molecule has 2 N–H and O–H groups in total. The molecule has 16 heavy (non-hydrogen) atoms. The summed E-state index contributed by atoms with van der Waals surface area (Å²) in [4.78, 5) is 15.6. The largest absolute Gasteiger partial charge is 0.366 e. The first kappa shape index (κ1) is 11.0. The van der Waals surface area contributed by atoms with Gasteiger partial charge in [-0.3, -0.25) is 9.78 Å². The number of hydrogen-bond acceptors (Lipinski definition) is 4. The quantitative estimate of drug-likeness (QED) is 0.734. The summed E-state index contributed by atoms with van der Waals surface area (Å²) in [6.07, 6.45) is 3.05. The topological polar surface area (TPSA) is 63.2 Å². The molecule has 0 saturated carbocycles. The van der Waals surface area contributed by atoms with Crippen LogP contribution in [0.5, 0.6) is 0 Å². The molecule has 0 bridgehead atoms. The maximum absolute atomic E-state index is 11.7. The van der Waals surface area contributed by atoms with Gasteiger partial charge in [0.25, 0.3) is 5.91 Å². The minimum absolute atomic E-state index is 0.0657. The summed E-state index contributed by atoms with van der Waals surface area (Å²) in [7, 11) is 0. The highest BCUT2D eigenvalue weighted by Crippen LogP contribution is 1.98. The Morgan fingerprint density at radius 1 is 1.56 bits per heavy atom. The lowest BCUT2D eigenvalue weighted by Crippen LogP contribution is -2.47. The second-order valence-corrected chi connectivity index (χ2v) is 3.64. The van der Waals surface area contributed by atoms with Crippen molar-refractivity contribution < 1.29 is 9.53 Å². The van der Waals surface area contributed by atoms with E-state index in [0.29, 0.717) is 19.7 Å². The van der Waals surface area contributed by atoms with Crippen LogP contribution in [0.25, 0.3) is 0 Å². The second-order valence-electron chi connectivity index (χ2n) is 3.64. The van der Waals surface area contributed by atoms with Crippen LogP contribution in [0, 0.1) is 0 Å². The van der Waals surface area contributed by atoms with E-state index in [4.69, 9.17) is 4.74 Å². The van der Waals surface area contributed by atoms with Crippen molar-refractivity contribution in [1.82, 2.24) is 15.6 Å². The average Bonchev–Trinajstić information content (AvgIpc) is 2.38. The summed E-state index contributed by atoms with van der Waals surface area (Å²) in [6, 6.07) is 3.75. The number of morpholine rings is 1. The predicted octanol–water partition coefficient (Wildman–Crippen LogP) is -0.314. The molecule has 1 aliphatic rings. The van der Waals surface area contributed by atoms with Crippen LogP contribution in [0.3, 0.4) is 0 Å². The fourth-order valence-corrected chi connectivity index (χ4v) is 1.54. The molecule has 5 nitrogen and oxygen atoms in total. The zero-order valence-electron chi connectivity index (χ0n) is 8.98. The Balaban J connectivity index is 1.79. The number of ether oxygens (including phenoxy) is 1. The van der Waals surface area contributed by atoms with E-state index >= 15 is 0 Å². The van der Waals surface area contributed by atoms with Crippen molar-refractivity contribution in [2.24, 2.45) is 0 Å². The molecule has 2 heterocycles. The molecule has 0 aromatic carbocycles. The van der Waals surface area contributed by atoms with Crippen LogP contribution >= 0.6 is 0 Å². The fraction of sp³-hybridized carbons (Fsp3) is 0.455. The van der Waals surface area contributed by atoms with Gasteiger partial charge in [-0.05, 0) is 17.7 Å². The fourth-order valence-electron chi connectivity index (χ4n) is 1.54. The molecule has 1 fully saturated rings. The first-order valence-electron chi connectivity index (χ1n) is 5.35. The van der Waals surface area contributed by atoms with Crippen molar-refractivity contribution in [2.45, 2.75) is 12.6 Å². The number of pyridine rings is 1. The highest BCUT2D eigenvalue weighted by molar-refractivity contribution is 5.81. The number of nitrogens with zero attached hydrogens (tertiary/aromatic N) is 1. The van der Waals surface area contributed by atoms with E-state index in [1.54, 1.807) is 12.4 Å². The van der Waals surface area contributed by atoms with Crippen molar-refractivity contribution in [3.05, 3.63) is 30.1 Å². The van der Waals surface area contributed by atoms with Gasteiger partial charge in [0, 0.05) is 32.0 Å². The molecule has 1 unspecified atom stereocenters. The summed E-state index contributed by atoms with van der Waals surface area (Å²) in [5.74, 6) is -0.0657. The average molecular weight is 221 g/mol. The number of carbonyl (C=O) groups is 1. The minimum atomic E-state index is -0.365. The molecule has 0 spiro atoms. The van der Waals surface area contributed by atoms with E-state index < -0.39 is 0 Å². The highest BCUT2D eigenvalue weighted by atomic mass is 16.5. The van der Waals surface area contributed by atoms with Crippen LogP contribution in [0.4, 0.5) is 0 Å². The maximum Gasteiger partial charge on any atom is 0.250 e. The molecule has 2 rings (SSSR count). The van der Waals surface area contributed by atoms with Gasteiger partial charge in [-0.15, -0.1) is 0 Å². The minimum Gasteiger partial charge on any atom is -0.366 e. The molecule has 1 aliphatic heterocycles. The zero-order chi connectivity index (χ0) is 11.2. The third-order valence-electron chi connectivity index (χ3n) is 2.44. The Morgan fingerprint density at radius 3 is 3.06 bits per heavy atom. The SMILES string of the molecule is O=C(NCc1ccncc1)C1CNCCO1. The van der Waals surface area contributed by atoms with Gasteiger partial charge in [-0.25, -0.2) is 0 Å². The molecule has 5 heteroatoms. The molecular formula is C11H15N3O2. The van der Waals surface area contributed by atoms with Crippen molar-refractivity contribution in [2.75, 3.05) is 19.7 Å². The Labute approximate surface area is 94.2 Å².